The molecule has 1 saturated heterocycles. The molecule has 2 aliphatic heterocycles. The van der Waals surface area contributed by atoms with Gasteiger partial charge in [0.05, 0.1) is 4.90 Å². The third kappa shape index (κ3) is 5.04. The lowest BCUT2D eigenvalue weighted by Gasteiger charge is -2.33. The number of hydrogen-bond donors (Lipinski definition) is 1. The second-order valence-electron chi connectivity index (χ2n) is 8.70. The predicted molar refractivity (Wildman–Crippen MR) is 126 cm³/mol. The van der Waals surface area contributed by atoms with E-state index < -0.39 is 16.1 Å². The minimum absolute atomic E-state index is 0.00712. The monoisotopic (exact) mass is 453 g/mol. The quantitative estimate of drug-likeness (QED) is 0.693. The molecule has 1 amide bonds. The fraction of sp³-hybridized carbons (Fsp3) is 0.440. The molecule has 0 aromatic heterocycles. The molecule has 1 atom stereocenters. The van der Waals surface area contributed by atoms with Gasteiger partial charge in [-0.2, -0.15) is 0 Å². The number of amides is 1. The van der Waals surface area contributed by atoms with Crippen LogP contribution in [0, 0.1) is 5.92 Å². The van der Waals surface area contributed by atoms with Crippen LogP contribution in [0.15, 0.2) is 64.5 Å². The number of fused-ring (bicyclic) bond motifs is 1. The van der Waals surface area contributed by atoms with Crippen LogP contribution in [0.25, 0.3) is 0 Å². The average molecular weight is 454 g/mol. The van der Waals surface area contributed by atoms with E-state index in [1.807, 2.05) is 11.0 Å². The lowest BCUT2D eigenvalue weighted by molar-refractivity contribution is -0.134. The number of likely N-dealkylation sites (tertiary alicyclic amines) is 1. The normalized spacial score (nSPS) is 20.0. The van der Waals surface area contributed by atoms with Crippen molar-refractivity contribution in [3.63, 3.8) is 0 Å². The Hall–Kier alpha value is -2.67. The number of carbonyl (C=O) groups is 1. The van der Waals surface area contributed by atoms with Crippen LogP contribution >= 0.6 is 0 Å². The first-order valence-corrected chi connectivity index (χ1v) is 13.0. The number of unbranched alkanes of at least 4 members (excludes halogenated alkanes) is 1. The molecule has 2 aromatic rings. The van der Waals surface area contributed by atoms with E-state index in [1.54, 1.807) is 24.3 Å². The molecule has 2 heterocycles. The van der Waals surface area contributed by atoms with Crippen molar-refractivity contribution in [3.8, 4) is 0 Å². The van der Waals surface area contributed by atoms with Gasteiger partial charge >= 0.3 is 0 Å². The van der Waals surface area contributed by atoms with Gasteiger partial charge in [0.1, 0.15) is 11.9 Å². The number of aliphatic imine (C=N–C) groups is 1. The Bertz CT molecular complexity index is 1070. The zero-order valence-corrected chi connectivity index (χ0v) is 19.4. The first-order chi connectivity index (χ1) is 15.5. The Balaban J connectivity index is 1.46. The van der Waals surface area contributed by atoms with E-state index in [9.17, 15) is 13.2 Å². The number of amidine groups is 1. The molecule has 170 valence electrons. The largest absolute Gasteiger partial charge is 0.341 e. The summed E-state index contributed by atoms with van der Waals surface area (Å²) >= 11 is 0. The smallest absolute Gasteiger partial charge is 0.263 e. The van der Waals surface area contributed by atoms with E-state index in [0.29, 0.717) is 17.9 Å². The second-order valence-corrected chi connectivity index (χ2v) is 10.3. The molecule has 0 aliphatic carbocycles. The van der Waals surface area contributed by atoms with E-state index in [4.69, 9.17) is 0 Å². The van der Waals surface area contributed by atoms with Gasteiger partial charge in [-0.05, 0) is 49.3 Å². The fourth-order valence-corrected chi connectivity index (χ4v) is 5.78. The van der Waals surface area contributed by atoms with Gasteiger partial charge in [-0.15, -0.1) is 0 Å². The van der Waals surface area contributed by atoms with Crippen LogP contribution in [-0.4, -0.2) is 44.2 Å². The Morgan fingerprint density at radius 2 is 1.78 bits per heavy atom. The second kappa shape index (κ2) is 9.86. The minimum atomic E-state index is -3.61. The molecule has 0 bridgehead atoms. The van der Waals surface area contributed by atoms with Gasteiger partial charge < -0.3 is 4.90 Å². The van der Waals surface area contributed by atoms with Crippen LogP contribution in [0.4, 0.5) is 0 Å². The predicted octanol–water partition coefficient (Wildman–Crippen LogP) is 3.77. The molecular weight excluding hydrogens is 422 g/mol. The molecule has 0 saturated carbocycles. The highest BCUT2D eigenvalue weighted by Crippen LogP contribution is 2.25. The number of rotatable bonds is 7. The topological polar surface area (TPSA) is 78.8 Å². The lowest BCUT2D eigenvalue weighted by atomic mass is 9.90. The molecule has 0 radical (unpaired) electrons. The maximum Gasteiger partial charge on any atom is 0.263 e. The molecule has 1 unspecified atom stereocenters. The number of sulfonamides is 1. The summed E-state index contributed by atoms with van der Waals surface area (Å²) in [6.07, 6.45) is 5.44. The maximum atomic E-state index is 13.4. The highest BCUT2D eigenvalue weighted by atomic mass is 32.2. The Morgan fingerprint density at radius 3 is 2.50 bits per heavy atom. The molecule has 4 rings (SSSR count). The summed E-state index contributed by atoms with van der Waals surface area (Å²) in [7, 11) is -3.61. The van der Waals surface area contributed by atoms with E-state index in [2.05, 4.69) is 40.9 Å². The number of benzene rings is 2. The van der Waals surface area contributed by atoms with Crippen molar-refractivity contribution in [2.75, 3.05) is 13.1 Å². The van der Waals surface area contributed by atoms with Crippen LogP contribution in [-0.2, 0) is 21.2 Å². The highest BCUT2D eigenvalue weighted by Gasteiger charge is 2.33. The summed E-state index contributed by atoms with van der Waals surface area (Å²) < 4.78 is 27.4. The summed E-state index contributed by atoms with van der Waals surface area (Å²) in [6, 6.07) is 16.7. The lowest BCUT2D eigenvalue weighted by Crippen LogP contribution is -2.44. The number of nitrogens with one attached hydrogen (secondary N) is 1. The number of piperidine rings is 1. The zero-order valence-electron chi connectivity index (χ0n) is 18.5. The number of carbonyl (C=O) groups excluding carboxylic acids is 1. The summed E-state index contributed by atoms with van der Waals surface area (Å²) in [5, 5.41) is 0. The third-order valence-corrected chi connectivity index (χ3v) is 7.75. The SMILES string of the molecule is CCCCC(N=C1NS(=O)(=O)c2ccccc21)C(=O)N1CCC(Cc2ccccc2)CC1. The molecule has 2 aliphatic rings. The molecule has 1 fully saturated rings. The molecule has 6 nitrogen and oxygen atoms in total. The van der Waals surface area contributed by atoms with E-state index in [-0.39, 0.29) is 16.6 Å². The van der Waals surface area contributed by atoms with Crippen molar-refractivity contribution in [1.82, 2.24) is 9.62 Å². The minimum Gasteiger partial charge on any atom is -0.341 e. The van der Waals surface area contributed by atoms with Crippen molar-refractivity contribution >= 4 is 21.8 Å². The fourth-order valence-electron chi connectivity index (χ4n) is 4.54. The first-order valence-electron chi connectivity index (χ1n) is 11.5. The van der Waals surface area contributed by atoms with Crippen LogP contribution in [0.1, 0.15) is 50.2 Å². The Kier molecular flexibility index (Phi) is 6.94. The highest BCUT2D eigenvalue weighted by molar-refractivity contribution is 7.90. The standard InChI is InChI=1S/C25H31N3O3S/c1-2-3-12-22(26-24-21-11-7-8-13-23(21)32(30,31)27-24)25(29)28-16-14-20(15-17-28)18-19-9-5-4-6-10-19/h4-11,13,20,22H,2-3,12,14-18H2,1H3,(H,26,27). The molecular formula is C25H31N3O3S. The summed E-state index contributed by atoms with van der Waals surface area (Å²) in [5.41, 5.74) is 1.89. The van der Waals surface area contributed by atoms with Gasteiger partial charge in [-0.25, -0.2) is 8.42 Å². The van der Waals surface area contributed by atoms with E-state index in [0.717, 1.165) is 45.2 Å². The third-order valence-electron chi connectivity index (χ3n) is 6.36. The van der Waals surface area contributed by atoms with Crippen molar-refractivity contribution in [1.29, 1.82) is 0 Å². The molecule has 2 aromatic carbocycles. The zero-order chi connectivity index (χ0) is 22.6. The Labute approximate surface area is 190 Å². The van der Waals surface area contributed by atoms with Gasteiger partial charge in [0.15, 0.2) is 0 Å². The van der Waals surface area contributed by atoms with Crippen molar-refractivity contribution in [2.24, 2.45) is 10.9 Å². The number of nitrogens with zero attached hydrogens (tertiary/aromatic N) is 2. The van der Waals surface area contributed by atoms with Crippen LogP contribution in [0.2, 0.25) is 0 Å². The van der Waals surface area contributed by atoms with Crippen molar-refractivity contribution in [2.45, 2.75) is 56.4 Å². The Morgan fingerprint density at radius 1 is 1.09 bits per heavy atom. The van der Waals surface area contributed by atoms with Crippen molar-refractivity contribution < 1.29 is 13.2 Å². The van der Waals surface area contributed by atoms with Gasteiger partial charge in [0.25, 0.3) is 10.0 Å². The maximum absolute atomic E-state index is 13.4. The van der Waals surface area contributed by atoms with E-state index >= 15 is 0 Å². The molecule has 32 heavy (non-hydrogen) atoms. The van der Waals surface area contributed by atoms with Gasteiger partial charge in [0, 0.05) is 18.7 Å². The van der Waals surface area contributed by atoms with Crippen molar-refractivity contribution in [3.05, 3.63) is 65.7 Å². The number of hydrogen-bond acceptors (Lipinski definition) is 4. The van der Waals surface area contributed by atoms with Gasteiger partial charge in [-0.1, -0.05) is 62.2 Å². The molecule has 0 spiro atoms. The summed E-state index contributed by atoms with van der Waals surface area (Å²) in [5.74, 6) is 0.872. The molecule has 7 heteroatoms. The first kappa shape index (κ1) is 22.5. The molecule has 1 N–H and O–H groups in total. The average Bonchev–Trinajstić information content (AvgIpc) is 3.07. The van der Waals surface area contributed by atoms with Crippen LogP contribution in [0.5, 0.6) is 0 Å². The van der Waals surface area contributed by atoms with Gasteiger partial charge in [0.2, 0.25) is 5.91 Å². The van der Waals surface area contributed by atoms with Crippen LogP contribution in [0.3, 0.4) is 0 Å². The summed E-state index contributed by atoms with van der Waals surface area (Å²) in [4.78, 5) is 20.2. The van der Waals surface area contributed by atoms with Gasteiger partial charge in [-0.3, -0.25) is 14.5 Å². The van der Waals surface area contributed by atoms with E-state index in [1.165, 1.54) is 5.56 Å². The summed E-state index contributed by atoms with van der Waals surface area (Å²) in [6.45, 7) is 3.54. The van der Waals surface area contributed by atoms with Crippen LogP contribution < -0.4 is 4.72 Å².